The Bertz CT molecular complexity index is 1170. The molecule has 0 aliphatic carbocycles. The number of terminal acetylenes is 1. The molecule has 3 aromatic rings. The fourth-order valence-electron chi connectivity index (χ4n) is 3.57. The van der Waals surface area contributed by atoms with Gasteiger partial charge in [-0.25, -0.2) is 9.59 Å². The van der Waals surface area contributed by atoms with Crippen molar-refractivity contribution in [3.05, 3.63) is 102 Å². The molecule has 0 aromatic heterocycles. The quantitative estimate of drug-likeness (QED) is 0.344. The normalized spacial score (nSPS) is 21.4. The number of carbonyl (C=O) groups excluding carboxylic acids is 2. The highest BCUT2D eigenvalue weighted by Gasteiger charge is 2.49. The highest BCUT2D eigenvalue weighted by atomic mass is 32.2. The van der Waals surface area contributed by atoms with Crippen LogP contribution < -0.4 is 0 Å². The van der Waals surface area contributed by atoms with Gasteiger partial charge in [-0.15, -0.1) is 18.2 Å². The Labute approximate surface area is 203 Å². The summed E-state index contributed by atoms with van der Waals surface area (Å²) in [5, 5.41) is -0.290. The largest absolute Gasteiger partial charge is 0.458 e. The maximum atomic E-state index is 12.7. The molecule has 0 radical (unpaired) electrons. The minimum absolute atomic E-state index is 0.151. The second kappa shape index (κ2) is 10.6. The summed E-state index contributed by atoms with van der Waals surface area (Å²) in [6, 6.07) is 25.4. The van der Waals surface area contributed by atoms with Crippen molar-refractivity contribution in [3.8, 4) is 12.3 Å². The van der Waals surface area contributed by atoms with Gasteiger partial charge in [0, 0.05) is 11.3 Å². The van der Waals surface area contributed by atoms with Crippen LogP contribution in [0.3, 0.4) is 0 Å². The van der Waals surface area contributed by atoms with E-state index >= 15 is 0 Å². The molecule has 0 amide bonds. The molecule has 5 nitrogen and oxygen atoms in total. The standard InChI is InChI=1S/C28H24O5S/c1-3-28(19-31-25(29)21-10-6-4-7-11-21)18-24(34-23-16-14-20(2)15-17-23)27(33-28)32-26(30)22-12-8-5-9-13-22/h1,4-17,24,27H,18-19H2,2H3/t24-,27+,28+/m1/s1. The maximum Gasteiger partial charge on any atom is 0.340 e. The van der Waals surface area contributed by atoms with E-state index in [9.17, 15) is 9.59 Å². The first-order valence-corrected chi connectivity index (χ1v) is 11.7. The van der Waals surface area contributed by atoms with Crippen LogP contribution in [-0.2, 0) is 14.2 Å². The smallest absolute Gasteiger partial charge is 0.340 e. The molecule has 0 unspecified atom stereocenters. The molecule has 0 N–H and O–H groups in total. The van der Waals surface area contributed by atoms with E-state index in [1.165, 1.54) is 11.8 Å². The molecule has 3 aromatic carbocycles. The molecule has 1 heterocycles. The Morgan fingerprint density at radius 1 is 0.971 bits per heavy atom. The zero-order valence-electron chi connectivity index (χ0n) is 18.7. The van der Waals surface area contributed by atoms with Crippen LogP contribution >= 0.6 is 11.8 Å². The third-order valence-corrected chi connectivity index (χ3v) is 6.66. The van der Waals surface area contributed by atoms with Crippen molar-refractivity contribution in [1.82, 2.24) is 0 Å². The molecular weight excluding hydrogens is 448 g/mol. The molecule has 172 valence electrons. The highest BCUT2D eigenvalue weighted by molar-refractivity contribution is 8.00. The molecule has 1 aliphatic rings. The number of ether oxygens (including phenoxy) is 3. The van der Waals surface area contributed by atoms with E-state index < -0.39 is 23.8 Å². The van der Waals surface area contributed by atoms with Crippen LogP contribution in [0, 0.1) is 19.3 Å². The fourth-order valence-corrected chi connectivity index (χ4v) is 4.79. The van der Waals surface area contributed by atoms with E-state index in [0.29, 0.717) is 17.5 Å². The monoisotopic (exact) mass is 472 g/mol. The molecule has 1 fully saturated rings. The van der Waals surface area contributed by atoms with Crippen molar-refractivity contribution in [3.63, 3.8) is 0 Å². The van der Waals surface area contributed by atoms with E-state index in [0.717, 1.165) is 10.5 Å². The zero-order chi connectivity index (χ0) is 24.0. The Morgan fingerprint density at radius 2 is 1.56 bits per heavy atom. The number of benzene rings is 3. The van der Waals surface area contributed by atoms with Gasteiger partial charge in [-0.1, -0.05) is 60.0 Å². The summed E-state index contributed by atoms with van der Waals surface area (Å²) in [5.74, 6) is 1.65. The number of aryl methyl sites for hydroxylation is 1. The predicted molar refractivity (Wildman–Crippen MR) is 130 cm³/mol. The number of thioether (sulfide) groups is 1. The average Bonchev–Trinajstić information content (AvgIpc) is 3.22. The molecule has 4 rings (SSSR count). The Kier molecular flexibility index (Phi) is 7.36. The second-order valence-electron chi connectivity index (χ2n) is 8.01. The molecule has 0 spiro atoms. The summed E-state index contributed by atoms with van der Waals surface area (Å²) in [6.45, 7) is 1.86. The SMILES string of the molecule is C#C[C@@]1(COC(=O)c2ccccc2)C[C@@H](Sc2ccc(C)cc2)[C@@H](OC(=O)c2ccccc2)O1. The number of hydrogen-bond acceptors (Lipinski definition) is 6. The van der Waals surface area contributed by atoms with Gasteiger partial charge in [-0.3, -0.25) is 0 Å². The van der Waals surface area contributed by atoms with E-state index in [1.807, 2.05) is 43.3 Å². The molecule has 34 heavy (non-hydrogen) atoms. The lowest BCUT2D eigenvalue weighted by Gasteiger charge is -2.23. The van der Waals surface area contributed by atoms with E-state index in [1.54, 1.807) is 48.5 Å². The minimum Gasteiger partial charge on any atom is -0.458 e. The lowest BCUT2D eigenvalue weighted by molar-refractivity contribution is -0.133. The van der Waals surface area contributed by atoms with Crippen LogP contribution in [0.15, 0.2) is 89.8 Å². The molecule has 1 saturated heterocycles. The summed E-state index contributed by atoms with van der Waals surface area (Å²) < 4.78 is 17.3. The van der Waals surface area contributed by atoms with Gasteiger partial charge in [0.1, 0.15) is 6.61 Å². The van der Waals surface area contributed by atoms with E-state index in [-0.39, 0.29) is 11.9 Å². The topological polar surface area (TPSA) is 61.8 Å². The van der Waals surface area contributed by atoms with Gasteiger partial charge in [0.2, 0.25) is 6.29 Å². The number of hydrogen-bond donors (Lipinski definition) is 0. The van der Waals surface area contributed by atoms with Crippen molar-refractivity contribution >= 4 is 23.7 Å². The third-order valence-electron chi connectivity index (χ3n) is 5.43. The summed E-state index contributed by atoms with van der Waals surface area (Å²) in [4.78, 5) is 26.2. The number of carbonyl (C=O) groups is 2. The summed E-state index contributed by atoms with van der Waals surface area (Å²) in [5.41, 5.74) is 0.767. The summed E-state index contributed by atoms with van der Waals surface area (Å²) in [6.07, 6.45) is 5.29. The number of esters is 2. The molecule has 0 bridgehead atoms. The Balaban J connectivity index is 1.52. The predicted octanol–water partition coefficient (Wildman–Crippen LogP) is 5.29. The summed E-state index contributed by atoms with van der Waals surface area (Å²) in [7, 11) is 0. The molecule has 6 heteroatoms. The van der Waals surface area contributed by atoms with Crippen LogP contribution in [-0.4, -0.2) is 35.7 Å². The Morgan fingerprint density at radius 3 is 2.15 bits per heavy atom. The second-order valence-corrected chi connectivity index (χ2v) is 9.32. The van der Waals surface area contributed by atoms with Crippen molar-refractivity contribution in [2.45, 2.75) is 35.4 Å². The van der Waals surface area contributed by atoms with Gasteiger partial charge >= 0.3 is 11.9 Å². The van der Waals surface area contributed by atoms with Gasteiger partial charge in [0.25, 0.3) is 0 Å². The van der Waals surface area contributed by atoms with Gasteiger partial charge in [0.05, 0.1) is 16.4 Å². The van der Waals surface area contributed by atoms with Crippen molar-refractivity contribution in [1.29, 1.82) is 0 Å². The van der Waals surface area contributed by atoms with E-state index in [2.05, 4.69) is 5.92 Å². The van der Waals surface area contributed by atoms with Gasteiger partial charge in [-0.05, 0) is 43.3 Å². The van der Waals surface area contributed by atoms with Gasteiger partial charge < -0.3 is 14.2 Å². The van der Waals surface area contributed by atoms with Gasteiger partial charge in [-0.2, -0.15) is 0 Å². The maximum absolute atomic E-state index is 12.7. The highest BCUT2D eigenvalue weighted by Crippen LogP contribution is 2.41. The molecule has 1 aliphatic heterocycles. The summed E-state index contributed by atoms with van der Waals surface area (Å²) >= 11 is 1.52. The third kappa shape index (κ3) is 5.69. The van der Waals surface area contributed by atoms with Gasteiger partial charge in [0.15, 0.2) is 5.60 Å². The average molecular weight is 473 g/mol. The molecular formula is C28H24O5S. The lowest BCUT2D eigenvalue weighted by atomic mass is 10.0. The van der Waals surface area contributed by atoms with Crippen LogP contribution in [0.2, 0.25) is 0 Å². The van der Waals surface area contributed by atoms with E-state index in [4.69, 9.17) is 20.6 Å². The van der Waals surface area contributed by atoms with Crippen LogP contribution in [0.25, 0.3) is 0 Å². The lowest BCUT2D eigenvalue weighted by Crippen LogP contribution is -2.35. The first-order valence-electron chi connectivity index (χ1n) is 10.9. The minimum atomic E-state index is -1.21. The van der Waals surface area contributed by atoms with Crippen molar-refractivity contribution < 1.29 is 23.8 Å². The first kappa shape index (κ1) is 23.6. The molecule has 3 atom stereocenters. The van der Waals surface area contributed by atoms with Crippen molar-refractivity contribution in [2.24, 2.45) is 0 Å². The van der Waals surface area contributed by atoms with Crippen LogP contribution in [0.5, 0.6) is 0 Å². The first-order chi connectivity index (χ1) is 16.5. The fraction of sp³-hybridized carbons (Fsp3) is 0.214. The zero-order valence-corrected chi connectivity index (χ0v) is 19.5. The van der Waals surface area contributed by atoms with Crippen LogP contribution in [0.1, 0.15) is 32.7 Å². The van der Waals surface area contributed by atoms with Crippen molar-refractivity contribution in [2.75, 3.05) is 6.61 Å². The Hall–Kier alpha value is -3.53. The molecule has 0 saturated carbocycles. The number of rotatable bonds is 7. The van der Waals surface area contributed by atoms with Crippen LogP contribution in [0.4, 0.5) is 0 Å².